The second-order valence-corrected chi connectivity index (χ2v) is 7.10. The van der Waals surface area contributed by atoms with E-state index in [1.165, 1.54) is 14.8 Å². The van der Waals surface area contributed by atoms with Crippen LogP contribution in [0.4, 0.5) is 0 Å². The molecule has 0 radical (unpaired) electrons. The van der Waals surface area contributed by atoms with Gasteiger partial charge < -0.3 is 5.32 Å². The lowest BCUT2D eigenvalue weighted by Crippen LogP contribution is -2.18. The largest absolute Gasteiger partial charge is 0.312 e. The van der Waals surface area contributed by atoms with Crippen molar-refractivity contribution in [3.05, 3.63) is 46.4 Å². The summed E-state index contributed by atoms with van der Waals surface area (Å²) in [5.41, 5.74) is 0. The Kier molecular flexibility index (Phi) is 5.89. The van der Waals surface area contributed by atoms with Crippen molar-refractivity contribution in [2.75, 3.05) is 6.54 Å². The molecule has 0 bridgehead atoms. The van der Waals surface area contributed by atoms with Gasteiger partial charge in [-0.05, 0) is 24.6 Å². The van der Waals surface area contributed by atoms with Gasteiger partial charge in [-0.25, -0.2) is 4.98 Å². The second-order valence-electron chi connectivity index (χ2n) is 4.85. The first kappa shape index (κ1) is 14.6. The molecule has 0 saturated heterocycles. The van der Waals surface area contributed by atoms with Gasteiger partial charge in [-0.15, -0.1) is 23.1 Å². The van der Waals surface area contributed by atoms with Gasteiger partial charge in [0.05, 0.1) is 5.75 Å². The quantitative estimate of drug-likeness (QED) is 0.775. The third-order valence-electron chi connectivity index (χ3n) is 2.56. The lowest BCUT2D eigenvalue weighted by atomic mass is 10.2. The molecule has 0 aliphatic rings. The summed E-state index contributed by atoms with van der Waals surface area (Å²) in [6.45, 7) is 6.45. The van der Waals surface area contributed by atoms with Crippen molar-refractivity contribution in [2.45, 2.75) is 31.0 Å². The van der Waals surface area contributed by atoms with E-state index >= 15 is 0 Å². The minimum Gasteiger partial charge on any atom is -0.312 e. The third kappa shape index (κ3) is 5.35. The molecule has 0 unspecified atom stereocenters. The zero-order valence-corrected chi connectivity index (χ0v) is 13.1. The third-order valence-corrected chi connectivity index (χ3v) is 4.76. The predicted molar refractivity (Wildman–Crippen MR) is 84.7 cm³/mol. The fraction of sp³-hybridized carbons (Fsp3) is 0.400. The molecule has 0 fully saturated rings. The highest BCUT2D eigenvalue weighted by Gasteiger charge is 2.03. The summed E-state index contributed by atoms with van der Waals surface area (Å²) < 4.78 is 0. The highest BCUT2D eigenvalue weighted by Crippen LogP contribution is 2.24. The first-order valence-corrected chi connectivity index (χ1v) is 8.36. The fourth-order valence-electron chi connectivity index (χ4n) is 1.64. The van der Waals surface area contributed by atoms with Crippen LogP contribution in [0.3, 0.4) is 0 Å². The summed E-state index contributed by atoms with van der Waals surface area (Å²) in [6, 6.07) is 10.5. The number of benzene rings is 1. The van der Waals surface area contributed by atoms with E-state index in [1.807, 2.05) is 35.4 Å². The molecular weight excluding hydrogens is 272 g/mol. The van der Waals surface area contributed by atoms with Crippen LogP contribution >= 0.6 is 23.1 Å². The number of thioether (sulfide) groups is 1. The molecule has 1 aromatic heterocycles. The standard InChI is InChI=1S/C15H20N2S2/c1-12(2)8-16-9-14-10-17-15(19-14)11-18-13-6-4-3-5-7-13/h3-7,10,12,16H,8-9,11H2,1-2H3. The number of hydrogen-bond donors (Lipinski definition) is 1. The molecule has 2 rings (SSSR count). The van der Waals surface area contributed by atoms with Crippen molar-refractivity contribution in [1.82, 2.24) is 10.3 Å². The maximum absolute atomic E-state index is 4.49. The van der Waals surface area contributed by atoms with Gasteiger partial charge >= 0.3 is 0 Å². The Bertz CT molecular complexity index is 480. The Balaban J connectivity index is 1.77. The molecule has 1 N–H and O–H groups in total. The van der Waals surface area contributed by atoms with Gasteiger partial charge in [0.25, 0.3) is 0 Å². The van der Waals surface area contributed by atoms with Crippen LogP contribution in [0, 0.1) is 5.92 Å². The maximum Gasteiger partial charge on any atom is 0.103 e. The second kappa shape index (κ2) is 7.68. The minimum absolute atomic E-state index is 0.695. The van der Waals surface area contributed by atoms with Crippen LogP contribution in [0.15, 0.2) is 41.4 Å². The summed E-state index contributed by atoms with van der Waals surface area (Å²) in [6.07, 6.45) is 2.00. The van der Waals surface area contributed by atoms with E-state index in [-0.39, 0.29) is 0 Å². The lowest BCUT2D eigenvalue weighted by Gasteiger charge is -2.04. The number of hydrogen-bond acceptors (Lipinski definition) is 4. The molecule has 1 aromatic carbocycles. The normalized spacial score (nSPS) is 11.1. The molecule has 1 heterocycles. The molecule has 0 aliphatic carbocycles. The highest BCUT2D eigenvalue weighted by molar-refractivity contribution is 7.98. The van der Waals surface area contributed by atoms with Crippen molar-refractivity contribution < 1.29 is 0 Å². The molecule has 19 heavy (non-hydrogen) atoms. The Hall–Kier alpha value is -0.840. The summed E-state index contributed by atoms with van der Waals surface area (Å²) in [4.78, 5) is 7.11. The molecule has 4 heteroatoms. The lowest BCUT2D eigenvalue weighted by molar-refractivity contribution is 0.554. The first-order chi connectivity index (χ1) is 9.24. The van der Waals surface area contributed by atoms with Crippen molar-refractivity contribution in [3.8, 4) is 0 Å². The number of nitrogens with zero attached hydrogens (tertiary/aromatic N) is 1. The van der Waals surface area contributed by atoms with Crippen LogP contribution < -0.4 is 5.32 Å². The number of rotatable bonds is 7. The molecule has 0 saturated carbocycles. The topological polar surface area (TPSA) is 24.9 Å². The Morgan fingerprint density at radius 3 is 2.79 bits per heavy atom. The van der Waals surface area contributed by atoms with Crippen molar-refractivity contribution in [2.24, 2.45) is 5.92 Å². The summed E-state index contributed by atoms with van der Waals surface area (Å²) in [5.74, 6) is 1.65. The van der Waals surface area contributed by atoms with Crippen LogP contribution in [0.5, 0.6) is 0 Å². The molecule has 2 nitrogen and oxygen atoms in total. The van der Waals surface area contributed by atoms with Gasteiger partial charge in [-0.1, -0.05) is 32.0 Å². The Morgan fingerprint density at radius 2 is 2.05 bits per heavy atom. The molecular formula is C15H20N2S2. The monoisotopic (exact) mass is 292 g/mol. The van der Waals surface area contributed by atoms with E-state index in [9.17, 15) is 0 Å². The minimum atomic E-state index is 0.695. The fourth-order valence-corrected chi connectivity index (χ4v) is 3.46. The van der Waals surface area contributed by atoms with Gasteiger partial charge in [-0.2, -0.15) is 0 Å². The predicted octanol–water partition coefficient (Wildman–Crippen LogP) is 4.18. The van der Waals surface area contributed by atoms with E-state index in [1.54, 1.807) is 0 Å². The van der Waals surface area contributed by atoms with Crippen LogP contribution in [0.2, 0.25) is 0 Å². The van der Waals surface area contributed by atoms with Gasteiger partial charge in [0.2, 0.25) is 0 Å². The maximum atomic E-state index is 4.49. The smallest absolute Gasteiger partial charge is 0.103 e. The van der Waals surface area contributed by atoms with Crippen LogP contribution in [0.1, 0.15) is 23.7 Å². The van der Waals surface area contributed by atoms with Gasteiger partial charge in [0.15, 0.2) is 0 Å². The molecule has 0 amide bonds. The number of nitrogens with one attached hydrogen (secondary N) is 1. The molecule has 0 aliphatic heterocycles. The Labute approximate surface area is 123 Å². The van der Waals surface area contributed by atoms with Gasteiger partial charge in [0, 0.05) is 22.5 Å². The molecule has 0 atom stereocenters. The molecule has 102 valence electrons. The van der Waals surface area contributed by atoms with Crippen molar-refractivity contribution in [1.29, 1.82) is 0 Å². The SMILES string of the molecule is CC(C)CNCc1cnc(CSc2ccccc2)s1. The summed E-state index contributed by atoms with van der Waals surface area (Å²) in [7, 11) is 0. The van der Waals surface area contributed by atoms with E-state index in [0.717, 1.165) is 18.8 Å². The van der Waals surface area contributed by atoms with Crippen molar-refractivity contribution in [3.63, 3.8) is 0 Å². The van der Waals surface area contributed by atoms with Gasteiger partial charge in [-0.3, -0.25) is 0 Å². The van der Waals surface area contributed by atoms with E-state index in [4.69, 9.17) is 0 Å². The number of aromatic nitrogens is 1. The van der Waals surface area contributed by atoms with Crippen molar-refractivity contribution >= 4 is 23.1 Å². The first-order valence-electron chi connectivity index (χ1n) is 6.56. The summed E-state index contributed by atoms with van der Waals surface area (Å²) >= 11 is 3.65. The Morgan fingerprint density at radius 1 is 1.26 bits per heavy atom. The zero-order chi connectivity index (χ0) is 13.5. The van der Waals surface area contributed by atoms with E-state index in [2.05, 4.69) is 48.4 Å². The van der Waals surface area contributed by atoms with E-state index < -0.39 is 0 Å². The molecule has 2 aromatic rings. The van der Waals surface area contributed by atoms with Crippen LogP contribution in [0.25, 0.3) is 0 Å². The van der Waals surface area contributed by atoms with Crippen LogP contribution in [-0.4, -0.2) is 11.5 Å². The van der Waals surface area contributed by atoms with E-state index in [0.29, 0.717) is 5.92 Å². The van der Waals surface area contributed by atoms with Gasteiger partial charge in [0.1, 0.15) is 5.01 Å². The summed E-state index contributed by atoms with van der Waals surface area (Å²) in [5, 5.41) is 4.66. The average molecular weight is 292 g/mol. The van der Waals surface area contributed by atoms with Crippen LogP contribution in [-0.2, 0) is 12.3 Å². The molecule has 0 spiro atoms. The number of thiazole rings is 1. The highest BCUT2D eigenvalue weighted by atomic mass is 32.2. The average Bonchev–Trinajstić information content (AvgIpc) is 2.85. The zero-order valence-electron chi connectivity index (χ0n) is 11.4.